The van der Waals surface area contributed by atoms with Crippen molar-refractivity contribution in [1.82, 2.24) is 10.4 Å². The van der Waals surface area contributed by atoms with Gasteiger partial charge in [0.15, 0.2) is 0 Å². The molecule has 1 N–H and O–H groups in total. The predicted octanol–water partition coefficient (Wildman–Crippen LogP) is 0.642. The molecule has 1 aromatic rings. The van der Waals surface area contributed by atoms with E-state index in [0.29, 0.717) is 5.57 Å². The fraction of sp³-hybridized carbons (Fsp3) is 0. The van der Waals surface area contributed by atoms with E-state index in [1.54, 1.807) is 12.3 Å². The third-order valence-corrected chi connectivity index (χ3v) is 2.08. The molecule has 0 saturated carbocycles. The van der Waals surface area contributed by atoms with Gasteiger partial charge in [-0.2, -0.15) is 5.10 Å². The molecule has 1 amide bonds. The lowest BCUT2D eigenvalue weighted by atomic mass is 10.3. The molecule has 1 aliphatic rings. The van der Waals surface area contributed by atoms with E-state index in [1.807, 2.05) is 5.38 Å². The number of aromatic nitrogens is 1. The van der Waals surface area contributed by atoms with Crippen LogP contribution in [-0.2, 0) is 4.79 Å². The van der Waals surface area contributed by atoms with Gasteiger partial charge in [0, 0.05) is 11.6 Å². The molecule has 0 saturated heterocycles. The van der Waals surface area contributed by atoms with Crippen LogP contribution in [0.2, 0.25) is 0 Å². The van der Waals surface area contributed by atoms with Gasteiger partial charge in [-0.25, -0.2) is 10.4 Å². The Labute approximate surface area is 72.6 Å². The minimum atomic E-state index is -0.176. The number of rotatable bonds is 1. The molecule has 0 unspecified atom stereocenters. The van der Waals surface area contributed by atoms with Gasteiger partial charge in [0.2, 0.25) is 0 Å². The second kappa shape index (κ2) is 2.86. The zero-order valence-electron chi connectivity index (χ0n) is 6.02. The van der Waals surface area contributed by atoms with Crippen LogP contribution < -0.4 is 5.43 Å². The highest BCUT2D eigenvalue weighted by atomic mass is 32.1. The normalized spacial score (nSPS) is 18.7. The summed E-state index contributed by atoms with van der Waals surface area (Å²) in [7, 11) is 0. The second-order valence-corrected chi connectivity index (χ2v) is 3.10. The summed E-state index contributed by atoms with van der Waals surface area (Å²) in [6.07, 6.45) is 4.89. The fourth-order valence-electron chi connectivity index (χ4n) is 0.825. The monoisotopic (exact) mass is 179 g/mol. The van der Waals surface area contributed by atoms with Gasteiger partial charge < -0.3 is 0 Å². The molecule has 0 fully saturated rings. The van der Waals surface area contributed by atoms with Crippen LogP contribution in [0.1, 0.15) is 5.01 Å². The minimum Gasteiger partial charge on any atom is -0.267 e. The summed E-state index contributed by atoms with van der Waals surface area (Å²) < 4.78 is 0. The molecular formula is C7H5N3OS. The van der Waals surface area contributed by atoms with Crippen LogP contribution >= 0.6 is 11.3 Å². The van der Waals surface area contributed by atoms with Crippen molar-refractivity contribution in [3.63, 3.8) is 0 Å². The molecule has 0 aromatic carbocycles. The maximum absolute atomic E-state index is 11.0. The molecule has 4 nitrogen and oxygen atoms in total. The van der Waals surface area contributed by atoms with E-state index in [9.17, 15) is 4.79 Å². The van der Waals surface area contributed by atoms with Gasteiger partial charge in [0.05, 0.1) is 11.8 Å². The number of hydrogen-bond acceptors (Lipinski definition) is 4. The Morgan fingerprint density at radius 2 is 2.50 bits per heavy atom. The summed E-state index contributed by atoms with van der Waals surface area (Å²) in [4.78, 5) is 15.0. The lowest BCUT2D eigenvalue weighted by Gasteiger charge is -1.87. The van der Waals surface area contributed by atoms with E-state index in [4.69, 9.17) is 0 Å². The van der Waals surface area contributed by atoms with Crippen molar-refractivity contribution < 1.29 is 4.79 Å². The maximum Gasteiger partial charge on any atom is 0.273 e. The van der Waals surface area contributed by atoms with Crippen molar-refractivity contribution in [1.29, 1.82) is 0 Å². The van der Waals surface area contributed by atoms with E-state index in [2.05, 4.69) is 15.5 Å². The first-order chi connectivity index (χ1) is 5.86. The number of hydrazone groups is 1. The van der Waals surface area contributed by atoms with Crippen LogP contribution in [0.4, 0.5) is 0 Å². The molecular weight excluding hydrogens is 174 g/mol. The minimum absolute atomic E-state index is 0.176. The second-order valence-electron chi connectivity index (χ2n) is 2.17. The molecule has 2 heterocycles. The van der Waals surface area contributed by atoms with E-state index >= 15 is 0 Å². The highest BCUT2D eigenvalue weighted by Gasteiger charge is 2.11. The smallest absolute Gasteiger partial charge is 0.267 e. The van der Waals surface area contributed by atoms with Gasteiger partial charge in [-0.3, -0.25) is 4.79 Å². The molecule has 0 spiro atoms. The van der Waals surface area contributed by atoms with Crippen molar-refractivity contribution in [2.24, 2.45) is 5.10 Å². The molecule has 0 radical (unpaired) electrons. The third-order valence-electron chi connectivity index (χ3n) is 1.36. The van der Waals surface area contributed by atoms with Crippen molar-refractivity contribution in [3.05, 3.63) is 22.2 Å². The average molecular weight is 179 g/mol. The van der Waals surface area contributed by atoms with Crippen LogP contribution in [0.25, 0.3) is 6.08 Å². The van der Waals surface area contributed by atoms with Crippen LogP contribution in [0.5, 0.6) is 0 Å². The third kappa shape index (κ3) is 1.26. The number of hydrogen-bond donors (Lipinski definition) is 1. The lowest BCUT2D eigenvalue weighted by Crippen LogP contribution is -2.11. The van der Waals surface area contributed by atoms with Crippen LogP contribution in [-0.4, -0.2) is 17.1 Å². The molecule has 0 atom stereocenters. The number of carbonyl (C=O) groups is 1. The predicted molar refractivity (Wildman–Crippen MR) is 46.7 cm³/mol. The Hall–Kier alpha value is -1.49. The van der Waals surface area contributed by atoms with Crippen molar-refractivity contribution in [2.75, 3.05) is 0 Å². The standard InChI is InChI=1S/C7H5N3OS/c11-7-5(4-9-10-7)3-6-8-1-2-12-6/h1-4H,(H,10,11). The largest absolute Gasteiger partial charge is 0.273 e. The van der Waals surface area contributed by atoms with Crippen LogP contribution in [0.3, 0.4) is 0 Å². The van der Waals surface area contributed by atoms with Crippen LogP contribution in [0, 0.1) is 0 Å². The van der Waals surface area contributed by atoms with Gasteiger partial charge in [0.1, 0.15) is 5.01 Å². The molecule has 5 heteroatoms. The fourth-order valence-corrected chi connectivity index (χ4v) is 1.40. The summed E-state index contributed by atoms with van der Waals surface area (Å²) >= 11 is 1.48. The lowest BCUT2D eigenvalue weighted by molar-refractivity contribution is -0.116. The number of carbonyl (C=O) groups excluding carboxylic acids is 1. The first kappa shape index (κ1) is 7.17. The Morgan fingerprint density at radius 3 is 3.08 bits per heavy atom. The van der Waals surface area contributed by atoms with Gasteiger partial charge in [-0.15, -0.1) is 11.3 Å². The number of nitrogens with one attached hydrogen (secondary N) is 1. The zero-order chi connectivity index (χ0) is 8.39. The summed E-state index contributed by atoms with van der Waals surface area (Å²) in [6, 6.07) is 0. The van der Waals surface area contributed by atoms with E-state index in [-0.39, 0.29) is 5.91 Å². The Kier molecular flexibility index (Phi) is 1.71. The average Bonchev–Trinajstić information content (AvgIpc) is 2.65. The van der Waals surface area contributed by atoms with E-state index < -0.39 is 0 Å². The quantitative estimate of drug-likeness (QED) is 0.643. The first-order valence-corrected chi connectivity index (χ1v) is 4.19. The van der Waals surface area contributed by atoms with Crippen molar-refractivity contribution in [3.8, 4) is 0 Å². The highest BCUT2D eigenvalue weighted by Crippen LogP contribution is 2.10. The summed E-state index contributed by atoms with van der Waals surface area (Å²) in [6.45, 7) is 0. The Balaban J connectivity index is 2.29. The topological polar surface area (TPSA) is 54.4 Å². The van der Waals surface area contributed by atoms with Gasteiger partial charge in [-0.1, -0.05) is 0 Å². The SMILES string of the molecule is O=C1NN=CC1=Cc1nccs1. The Morgan fingerprint density at radius 1 is 1.58 bits per heavy atom. The molecule has 1 aliphatic heterocycles. The van der Waals surface area contributed by atoms with Gasteiger partial charge in [0.25, 0.3) is 5.91 Å². The first-order valence-electron chi connectivity index (χ1n) is 3.31. The number of nitrogens with zero attached hydrogens (tertiary/aromatic N) is 2. The van der Waals surface area contributed by atoms with Crippen LogP contribution in [0.15, 0.2) is 22.3 Å². The molecule has 12 heavy (non-hydrogen) atoms. The van der Waals surface area contributed by atoms with E-state index in [1.165, 1.54) is 17.6 Å². The summed E-state index contributed by atoms with van der Waals surface area (Å²) in [5, 5.41) is 6.28. The highest BCUT2D eigenvalue weighted by molar-refractivity contribution is 7.10. The van der Waals surface area contributed by atoms with Crippen molar-refractivity contribution in [2.45, 2.75) is 0 Å². The Bertz CT molecular complexity index is 353. The number of thiazole rings is 1. The number of amides is 1. The van der Waals surface area contributed by atoms with Crippen molar-refractivity contribution >= 4 is 29.5 Å². The maximum atomic E-state index is 11.0. The van der Waals surface area contributed by atoms with E-state index in [0.717, 1.165) is 5.01 Å². The molecule has 0 bridgehead atoms. The van der Waals surface area contributed by atoms with Gasteiger partial charge in [-0.05, 0) is 6.08 Å². The molecule has 1 aromatic heterocycles. The summed E-state index contributed by atoms with van der Waals surface area (Å²) in [5.41, 5.74) is 2.87. The molecule has 0 aliphatic carbocycles. The zero-order valence-corrected chi connectivity index (χ0v) is 6.84. The summed E-state index contributed by atoms with van der Waals surface area (Å²) in [5.74, 6) is -0.176. The molecule has 60 valence electrons. The molecule has 2 rings (SSSR count). The van der Waals surface area contributed by atoms with Gasteiger partial charge >= 0.3 is 0 Å².